The zero-order valence-electron chi connectivity index (χ0n) is 14.8. The van der Waals surface area contributed by atoms with E-state index >= 15 is 0 Å². The molecule has 0 spiro atoms. The van der Waals surface area contributed by atoms with Crippen LogP contribution in [0.3, 0.4) is 0 Å². The highest BCUT2D eigenvalue weighted by atomic mass is 35.5. The van der Waals surface area contributed by atoms with E-state index < -0.39 is 0 Å². The summed E-state index contributed by atoms with van der Waals surface area (Å²) in [4.78, 5) is 17.1. The third-order valence-electron chi connectivity index (χ3n) is 5.38. The summed E-state index contributed by atoms with van der Waals surface area (Å²) < 4.78 is 8.04. The highest BCUT2D eigenvalue weighted by Gasteiger charge is 2.27. The van der Waals surface area contributed by atoms with Gasteiger partial charge in [0.25, 0.3) is 5.91 Å². The van der Waals surface area contributed by atoms with Crippen molar-refractivity contribution in [3.63, 3.8) is 0 Å². The third kappa shape index (κ3) is 3.79. The minimum Gasteiger partial charge on any atom is -0.365 e. The number of hydrogen-bond donors (Lipinski definition) is 1. The molecule has 26 heavy (non-hydrogen) atoms. The topological polar surface area (TPSA) is 56.2 Å². The first kappa shape index (κ1) is 17.6. The number of ether oxygens (including phenoxy) is 1. The number of nitrogens with zero attached hydrogens (tertiary/aromatic N) is 2. The second-order valence-corrected chi connectivity index (χ2v) is 7.64. The van der Waals surface area contributed by atoms with E-state index in [9.17, 15) is 4.79 Å². The monoisotopic (exact) mass is 373 g/mol. The summed E-state index contributed by atoms with van der Waals surface area (Å²) in [5, 5.41) is 3.89. The van der Waals surface area contributed by atoms with Crippen LogP contribution in [0.25, 0.3) is 0 Å². The van der Waals surface area contributed by atoms with Gasteiger partial charge in [0.05, 0.1) is 25.2 Å². The normalized spacial score (nSPS) is 21.0. The summed E-state index contributed by atoms with van der Waals surface area (Å²) in [6.45, 7) is 1.04. The van der Waals surface area contributed by atoms with Crippen LogP contribution in [-0.4, -0.2) is 21.5 Å². The molecule has 1 amide bonds. The summed E-state index contributed by atoms with van der Waals surface area (Å²) in [7, 11) is 0. The van der Waals surface area contributed by atoms with Crippen molar-refractivity contribution in [2.45, 2.75) is 63.8 Å². The Bertz CT molecular complexity index is 764. The second kappa shape index (κ2) is 7.80. The highest BCUT2D eigenvalue weighted by molar-refractivity contribution is 6.30. The van der Waals surface area contributed by atoms with Crippen LogP contribution in [0.1, 0.15) is 66.4 Å². The Hall–Kier alpha value is -1.85. The molecule has 5 nitrogen and oxygen atoms in total. The van der Waals surface area contributed by atoms with Crippen LogP contribution in [0, 0.1) is 0 Å². The molecule has 0 radical (unpaired) electrons. The average molecular weight is 374 g/mol. The molecule has 0 unspecified atom stereocenters. The van der Waals surface area contributed by atoms with Crippen molar-refractivity contribution < 1.29 is 9.53 Å². The van der Waals surface area contributed by atoms with Gasteiger partial charge in [-0.3, -0.25) is 4.79 Å². The number of carbonyl (C=O) groups is 1. The van der Waals surface area contributed by atoms with Gasteiger partial charge in [-0.25, -0.2) is 4.98 Å². The molecule has 0 saturated heterocycles. The van der Waals surface area contributed by atoms with E-state index in [2.05, 4.69) is 10.3 Å². The van der Waals surface area contributed by atoms with E-state index in [0.717, 1.165) is 24.1 Å². The van der Waals surface area contributed by atoms with Crippen molar-refractivity contribution in [3.05, 3.63) is 52.6 Å². The molecule has 2 aromatic rings. The highest BCUT2D eigenvalue weighted by Crippen LogP contribution is 2.28. The molecular formula is C20H24ClN3O2. The van der Waals surface area contributed by atoms with Gasteiger partial charge in [0.1, 0.15) is 6.10 Å². The lowest BCUT2D eigenvalue weighted by molar-refractivity contribution is 0.00256. The maximum absolute atomic E-state index is 12.7. The first-order chi connectivity index (χ1) is 12.7. The van der Waals surface area contributed by atoms with Crippen molar-refractivity contribution in [1.29, 1.82) is 0 Å². The van der Waals surface area contributed by atoms with Crippen LogP contribution in [0.15, 0.2) is 30.6 Å². The molecule has 1 fully saturated rings. The Labute approximate surface area is 158 Å². The number of carbonyl (C=O) groups excluding carboxylic acids is 1. The second-order valence-electron chi connectivity index (χ2n) is 7.21. The van der Waals surface area contributed by atoms with Gasteiger partial charge in [-0.15, -0.1) is 0 Å². The van der Waals surface area contributed by atoms with Gasteiger partial charge < -0.3 is 14.6 Å². The number of aromatic nitrogens is 2. The molecular weight excluding hydrogens is 350 g/mol. The van der Waals surface area contributed by atoms with Gasteiger partial charge in [0, 0.05) is 11.1 Å². The van der Waals surface area contributed by atoms with Gasteiger partial charge in [0.15, 0.2) is 5.69 Å². The SMILES string of the molecule is O=C(NC1CCCCCC1)c1ncn2c1CO[C@@H](c1ccc(Cl)cc1)C2. The fraction of sp³-hybridized carbons (Fsp3) is 0.500. The van der Waals surface area contributed by atoms with E-state index in [-0.39, 0.29) is 18.1 Å². The first-order valence-corrected chi connectivity index (χ1v) is 9.80. The number of amides is 1. The van der Waals surface area contributed by atoms with Gasteiger partial charge in [-0.05, 0) is 30.5 Å². The molecule has 138 valence electrons. The van der Waals surface area contributed by atoms with Crippen molar-refractivity contribution >= 4 is 17.5 Å². The maximum Gasteiger partial charge on any atom is 0.272 e. The minimum absolute atomic E-state index is 0.0493. The molecule has 1 atom stereocenters. The number of imidazole rings is 1. The predicted octanol–water partition coefficient (Wildman–Crippen LogP) is 4.26. The van der Waals surface area contributed by atoms with E-state index in [1.807, 2.05) is 28.8 Å². The van der Waals surface area contributed by atoms with Gasteiger partial charge >= 0.3 is 0 Å². The molecule has 1 aliphatic heterocycles. The van der Waals surface area contributed by atoms with Crippen molar-refractivity contribution in [2.24, 2.45) is 0 Å². The van der Waals surface area contributed by atoms with E-state index in [4.69, 9.17) is 16.3 Å². The fourth-order valence-electron chi connectivity index (χ4n) is 3.87. The predicted molar refractivity (Wildman–Crippen MR) is 100 cm³/mol. The summed E-state index contributed by atoms with van der Waals surface area (Å²) in [6, 6.07) is 7.97. The van der Waals surface area contributed by atoms with Crippen LogP contribution in [-0.2, 0) is 17.9 Å². The van der Waals surface area contributed by atoms with E-state index in [1.165, 1.54) is 25.7 Å². The number of halogens is 1. The molecule has 6 heteroatoms. The standard InChI is InChI=1S/C20H24ClN3O2/c21-15-9-7-14(8-10-15)18-11-24-13-22-19(17(24)12-26-18)20(25)23-16-5-3-1-2-4-6-16/h7-10,13,16,18H,1-6,11-12H2,(H,23,25)/t18-/m1/s1. The molecule has 1 N–H and O–H groups in total. The Kier molecular flexibility index (Phi) is 5.27. The molecule has 0 bridgehead atoms. The van der Waals surface area contributed by atoms with E-state index in [0.29, 0.717) is 23.9 Å². The third-order valence-corrected chi connectivity index (χ3v) is 5.63. The van der Waals surface area contributed by atoms with Gasteiger partial charge in [0.2, 0.25) is 0 Å². The van der Waals surface area contributed by atoms with Crippen LogP contribution in [0.2, 0.25) is 5.02 Å². The quantitative estimate of drug-likeness (QED) is 0.818. The number of rotatable bonds is 3. The minimum atomic E-state index is -0.0702. The van der Waals surface area contributed by atoms with Crippen molar-refractivity contribution in [3.8, 4) is 0 Å². The Morgan fingerprint density at radius 2 is 1.88 bits per heavy atom. The summed E-state index contributed by atoms with van der Waals surface area (Å²) in [5.41, 5.74) is 2.45. The van der Waals surface area contributed by atoms with Crippen LogP contribution >= 0.6 is 11.6 Å². The van der Waals surface area contributed by atoms with Crippen LogP contribution in [0.5, 0.6) is 0 Å². The van der Waals surface area contributed by atoms with Crippen LogP contribution < -0.4 is 5.32 Å². The lowest BCUT2D eigenvalue weighted by atomic mass is 10.1. The molecule has 1 aromatic heterocycles. The van der Waals surface area contributed by atoms with Crippen LogP contribution in [0.4, 0.5) is 0 Å². The van der Waals surface area contributed by atoms with Crippen molar-refractivity contribution in [1.82, 2.24) is 14.9 Å². The maximum atomic E-state index is 12.7. The number of hydrogen-bond acceptors (Lipinski definition) is 3. The van der Waals surface area contributed by atoms with Crippen molar-refractivity contribution in [2.75, 3.05) is 0 Å². The fourth-order valence-corrected chi connectivity index (χ4v) is 4.00. The molecule has 1 saturated carbocycles. The first-order valence-electron chi connectivity index (χ1n) is 9.42. The number of fused-ring (bicyclic) bond motifs is 1. The lowest BCUT2D eigenvalue weighted by Gasteiger charge is -2.26. The Morgan fingerprint density at radius 1 is 1.15 bits per heavy atom. The summed E-state index contributed by atoms with van der Waals surface area (Å²) >= 11 is 5.96. The van der Waals surface area contributed by atoms with E-state index in [1.54, 1.807) is 6.33 Å². The summed E-state index contributed by atoms with van der Waals surface area (Å²) in [5.74, 6) is -0.0702. The number of benzene rings is 1. The Balaban J connectivity index is 1.45. The lowest BCUT2D eigenvalue weighted by Crippen LogP contribution is -2.35. The smallest absolute Gasteiger partial charge is 0.272 e. The molecule has 4 rings (SSSR count). The molecule has 2 aliphatic rings. The number of nitrogens with one attached hydrogen (secondary N) is 1. The zero-order valence-corrected chi connectivity index (χ0v) is 15.5. The average Bonchev–Trinajstić information content (AvgIpc) is 2.91. The zero-order chi connectivity index (χ0) is 17.9. The largest absolute Gasteiger partial charge is 0.365 e. The Morgan fingerprint density at radius 3 is 2.62 bits per heavy atom. The summed E-state index contributed by atoms with van der Waals surface area (Å²) in [6.07, 6.45) is 8.76. The molecule has 1 aliphatic carbocycles. The molecule has 1 aromatic carbocycles. The molecule has 2 heterocycles. The van der Waals surface area contributed by atoms with Gasteiger partial charge in [-0.1, -0.05) is 49.4 Å². The van der Waals surface area contributed by atoms with Gasteiger partial charge in [-0.2, -0.15) is 0 Å².